The summed E-state index contributed by atoms with van der Waals surface area (Å²) in [6.45, 7) is -0.197. The fourth-order valence-corrected chi connectivity index (χ4v) is 2.28. The molecule has 0 amide bonds. The molecular weight excluding hydrogens is 260 g/mol. The summed E-state index contributed by atoms with van der Waals surface area (Å²) in [6, 6.07) is 4.69. The van der Waals surface area contributed by atoms with Crippen molar-refractivity contribution in [1.82, 2.24) is 5.32 Å². The third-order valence-electron chi connectivity index (χ3n) is 3.40. The van der Waals surface area contributed by atoms with Gasteiger partial charge in [0, 0.05) is 22.7 Å². The fourth-order valence-electron chi connectivity index (χ4n) is 2.09. The van der Waals surface area contributed by atoms with Gasteiger partial charge in [-0.3, -0.25) is 0 Å². The van der Waals surface area contributed by atoms with Crippen LogP contribution >= 0.6 is 11.6 Å². The van der Waals surface area contributed by atoms with E-state index in [0.717, 1.165) is 12.8 Å². The van der Waals surface area contributed by atoms with Crippen LogP contribution in [0.1, 0.15) is 31.7 Å². The Morgan fingerprint density at radius 2 is 2.17 bits per heavy atom. The highest BCUT2D eigenvalue weighted by atomic mass is 35.5. The molecule has 2 rings (SSSR count). The molecule has 1 aliphatic carbocycles. The molecule has 0 atom stereocenters. The van der Waals surface area contributed by atoms with Gasteiger partial charge < -0.3 is 10.1 Å². The molecule has 0 spiro atoms. The summed E-state index contributed by atoms with van der Waals surface area (Å²) in [7, 11) is 0. The maximum atomic E-state index is 12.3. The Morgan fingerprint density at radius 3 is 2.72 bits per heavy atom. The SMILES string of the molecule is CC1(NCc2cc(Cl)ccc2OC(F)F)CCC1. The van der Waals surface area contributed by atoms with E-state index in [0.29, 0.717) is 17.1 Å². The highest BCUT2D eigenvalue weighted by Gasteiger charge is 2.31. The molecular formula is C13H16ClF2NO. The second-order valence-electron chi connectivity index (χ2n) is 4.90. The zero-order valence-corrected chi connectivity index (χ0v) is 10.9. The first-order chi connectivity index (χ1) is 8.48. The molecule has 1 saturated carbocycles. The predicted molar refractivity (Wildman–Crippen MR) is 67.2 cm³/mol. The standard InChI is InChI=1S/C13H16ClF2NO/c1-13(5-2-6-13)17-8-9-7-10(14)3-4-11(9)18-12(15)16/h3-4,7,12,17H,2,5-6,8H2,1H3. The molecule has 0 unspecified atom stereocenters. The van der Waals surface area contributed by atoms with E-state index in [1.807, 2.05) is 0 Å². The topological polar surface area (TPSA) is 21.3 Å². The van der Waals surface area contributed by atoms with Crippen LogP contribution in [0.3, 0.4) is 0 Å². The van der Waals surface area contributed by atoms with E-state index in [1.54, 1.807) is 12.1 Å². The van der Waals surface area contributed by atoms with Crippen LogP contribution in [0.5, 0.6) is 5.75 Å². The van der Waals surface area contributed by atoms with Gasteiger partial charge in [-0.15, -0.1) is 0 Å². The van der Waals surface area contributed by atoms with Crippen molar-refractivity contribution >= 4 is 11.6 Å². The van der Waals surface area contributed by atoms with Crippen molar-refractivity contribution in [2.45, 2.75) is 44.9 Å². The van der Waals surface area contributed by atoms with Gasteiger partial charge in [-0.2, -0.15) is 8.78 Å². The first kappa shape index (κ1) is 13.6. The van der Waals surface area contributed by atoms with Crippen LogP contribution in [0.15, 0.2) is 18.2 Å². The van der Waals surface area contributed by atoms with Crippen LogP contribution in [-0.4, -0.2) is 12.2 Å². The lowest BCUT2D eigenvalue weighted by atomic mass is 9.78. The number of rotatable bonds is 5. The van der Waals surface area contributed by atoms with Gasteiger partial charge in [0.2, 0.25) is 0 Å². The van der Waals surface area contributed by atoms with E-state index in [1.165, 1.54) is 12.5 Å². The summed E-state index contributed by atoms with van der Waals surface area (Å²) >= 11 is 5.88. The highest BCUT2D eigenvalue weighted by Crippen LogP contribution is 2.32. The van der Waals surface area contributed by atoms with Gasteiger partial charge in [0.15, 0.2) is 0 Å². The highest BCUT2D eigenvalue weighted by molar-refractivity contribution is 6.30. The molecule has 1 aliphatic rings. The maximum absolute atomic E-state index is 12.3. The van der Waals surface area contributed by atoms with Gasteiger partial charge in [0.1, 0.15) is 5.75 Å². The molecule has 0 aliphatic heterocycles. The Morgan fingerprint density at radius 1 is 1.44 bits per heavy atom. The summed E-state index contributed by atoms with van der Waals surface area (Å²) < 4.78 is 29.0. The normalized spacial score (nSPS) is 17.6. The third kappa shape index (κ3) is 3.33. The Labute approximate surface area is 110 Å². The molecule has 2 nitrogen and oxygen atoms in total. The average molecular weight is 276 g/mol. The van der Waals surface area contributed by atoms with Crippen LogP contribution in [0.25, 0.3) is 0 Å². The van der Waals surface area contributed by atoms with Crippen molar-refractivity contribution in [1.29, 1.82) is 0 Å². The van der Waals surface area contributed by atoms with Gasteiger partial charge in [0.25, 0.3) is 0 Å². The lowest BCUT2D eigenvalue weighted by molar-refractivity contribution is -0.0505. The molecule has 0 aromatic heterocycles. The van der Waals surface area contributed by atoms with Gasteiger partial charge >= 0.3 is 6.61 Å². The molecule has 1 fully saturated rings. The van der Waals surface area contributed by atoms with Crippen LogP contribution in [0.2, 0.25) is 5.02 Å². The first-order valence-electron chi connectivity index (χ1n) is 5.97. The lowest BCUT2D eigenvalue weighted by Crippen LogP contribution is -2.47. The minimum absolute atomic E-state index is 0.115. The molecule has 18 heavy (non-hydrogen) atoms. The van der Waals surface area contributed by atoms with E-state index in [4.69, 9.17) is 11.6 Å². The van der Waals surface area contributed by atoms with Crippen molar-refractivity contribution in [2.75, 3.05) is 0 Å². The molecule has 0 radical (unpaired) electrons. The van der Waals surface area contributed by atoms with Crippen molar-refractivity contribution in [3.05, 3.63) is 28.8 Å². The average Bonchev–Trinajstić information content (AvgIpc) is 2.26. The summed E-state index contributed by atoms with van der Waals surface area (Å²) in [5.74, 6) is 0.185. The number of ether oxygens (including phenoxy) is 1. The molecule has 1 aromatic carbocycles. The van der Waals surface area contributed by atoms with Crippen LogP contribution < -0.4 is 10.1 Å². The van der Waals surface area contributed by atoms with Crippen molar-refractivity contribution in [3.8, 4) is 5.75 Å². The molecule has 0 saturated heterocycles. The molecule has 5 heteroatoms. The number of benzene rings is 1. The van der Waals surface area contributed by atoms with Gasteiger partial charge in [0.05, 0.1) is 0 Å². The maximum Gasteiger partial charge on any atom is 0.387 e. The van der Waals surface area contributed by atoms with Gasteiger partial charge in [-0.1, -0.05) is 11.6 Å². The molecule has 100 valence electrons. The molecule has 1 aromatic rings. The Balaban J connectivity index is 2.06. The van der Waals surface area contributed by atoms with Crippen LogP contribution in [0.4, 0.5) is 8.78 Å². The quantitative estimate of drug-likeness (QED) is 0.878. The Bertz CT molecular complexity index is 421. The first-order valence-corrected chi connectivity index (χ1v) is 6.35. The zero-order chi connectivity index (χ0) is 13.2. The summed E-state index contributed by atoms with van der Waals surface area (Å²) in [6.07, 6.45) is 3.43. The number of alkyl halides is 2. The largest absolute Gasteiger partial charge is 0.434 e. The van der Waals surface area contributed by atoms with E-state index in [2.05, 4.69) is 17.0 Å². The molecule has 1 N–H and O–H groups in total. The molecule has 0 bridgehead atoms. The van der Waals surface area contributed by atoms with E-state index in [9.17, 15) is 8.78 Å². The van der Waals surface area contributed by atoms with Gasteiger partial charge in [-0.25, -0.2) is 0 Å². The van der Waals surface area contributed by atoms with E-state index >= 15 is 0 Å². The minimum Gasteiger partial charge on any atom is -0.434 e. The number of hydrogen-bond acceptors (Lipinski definition) is 2. The van der Waals surface area contributed by atoms with Crippen LogP contribution in [0, 0.1) is 0 Å². The number of nitrogens with one attached hydrogen (secondary N) is 1. The second kappa shape index (κ2) is 5.41. The minimum atomic E-state index is -2.82. The Kier molecular flexibility index (Phi) is 4.07. The lowest BCUT2D eigenvalue weighted by Gasteiger charge is -2.39. The monoisotopic (exact) mass is 275 g/mol. The smallest absolute Gasteiger partial charge is 0.387 e. The van der Waals surface area contributed by atoms with Crippen molar-refractivity contribution < 1.29 is 13.5 Å². The molecule has 0 heterocycles. The second-order valence-corrected chi connectivity index (χ2v) is 5.33. The number of halogens is 3. The Hall–Kier alpha value is -0.870. The fraction of sp³-hybridized carbons (Fsp3) is 0.538. The summed E-state index contributed by atoms with van der Waals surface area (Å²) in [4.78, 5) is 0. The summed E-state index contributed by atoms with van der Waals surface area (Å²) in [5.41, 5.74) is 0.778. The van der Waals surface area contributed by atoms with E-state index in [-0.39, 0.29) is 11.3 Å². The third-order valence-corrected chi connectivity index (χ3v) is 3.64. The van der Waals surface area contributed by atoms with Crippen molar-refractivity contribution in [3.63, 3.8) is 0 Å². The van der Waals surface area contributed by atoms with Crippen LogP contribution in [-0.2, 0) is 6.54 Å². The van der Waals surface area contributed by atoms with Crippen molar-refractivity contribution in [2.24, 2.45) is 0 Å². The predicted octanol–water partition coefficient (Wildman–Crippen LogP) is 3.97. The van der Waals surface area contributed by atoms with Gasteiger partial charge in [-0.05, 0) is 44.4 Å². The summed E-state index contributed by atoms with van der Waals surface area (Å²) in [5, 5.41) is 3.89. The number of hydrogen-bond donors (Lipinski definition) is 1. The van der Waals surface area contributed by atoms with E-state index < -0.39 is 6.61 Å². The zero-order valence-electron chi connectivity index (χ0n) is 10.2.